The molecule has 0 bridgehead atoms. The van der Waals surface area contributed by atoms with Gasteiger partial charge in [-0.3, -0.25) is 0 Å². The first kappa shape index (κ1) is 10.1. The van der Waals surface area contributed by atoms with Crippen LogP contribution in [0.1, 0.15) is 25.8 Å². The van der Waals surface area contributed by atoms with Crippen LogP contribution in [0.15, 0.2) is 24.3 Å². The van der Waals surface area contributed by atoms with Crippen molar-refractivity contribution in [2.24, 2.45) is 0 Å². The molecule has 0 heterocycles. The van der Waals surface area contributed by atoms with Crippen molar-refractivity contribution in [2.45, 2.75) is 26.7 Å². The fourth-order valence-electron chi connectivity index (χ4n) is 1.42. The Hall–Kier alpha value is -0.980. The second kappa shape index (κ2) is 4.90. The Morgan fingerprint density at radius 2 is 2.00 bits per heavy atom. The van der Waals surface area contributed by atoms with E-state index >= 15 is 0 Å². The molecule has 1 nitrogen and oxygen atoms in total. The van der Waals surface area contributed by atoms with E-state index < -0.39 is 0 Å². The minimum absolute atomic E-state index is 1.07. The zero-order valence-electron chi connectivity index (χ0n) is 8.88. The SMILES string of the molecule is CCCc1cccc(N(C)CC)c1. The lowest BCUT2D eigenvalue weighted by molar-refractivity contribution is 0.914. The first-order valence-corrected chi connectivity index (χ1v) is 5.08. The van der Waals surface area contributed by atoms with Crippen LogP contribution in [0.4, 0.5) is 5.69 Å². The van der Waals surface area contributed by atoms with E-state index in [2.05, 4.69) is 50.1 Å². The molecular weight excluding hydrogens is 158 g/mol. The maximum Gasteiger partial charge on any atom is 0.0366 e. The molecule has 1 rings (SSSR count). The van der Waals surface area contributed by atoms with Gasteiger partial charge in [-0.2, -0.15) is 0 Å². The van der Waals surface area contributed by atoms with Crippen molar-refractivity contribution >= 4 is 5.69 Å². The molecule has 0 N–H and O–H groups in total. The highest BCUT2D eigenvalue weighted by Crippen LogP contribution is 2.15. The van der Waals surface area contributed by atoms with Gasteiger partial charge in [-0.05, 0) is 31.0 Å². The molecule has 0 aliphatic rings. The zero-order valence-corrected chi connectivity index (χ0v) is 8.88. The van der Waals surface area contributed by atoms with Crippen LogP contribution in [-0.2, 0) is 6.42 Å². The second-order valence-corrected chi connectivity index (χ2v) is 3.43. The van der Waals surface area contributed by atoms with Crippen molar-refractivity contribution in [1.82, 2.24) is 0 Å². The van der Waals surface area contributed by atoms with E-state index in [1.54, 1.807) is 0 Å². The molecule has 0 aromatic heterocycles. The molecule has 1 aromatic rings. The fraction of sp³-hybridized carbons (Fsp3) is 0.500. The summed E-state index contributed by atoms with van der Waals surface area (Å²) in [5.41, 5.74) is 2.77. The van der Waals surface area contributed by atoms with Crippen molar-refractivity contribution in [2.75, 3.05) is 18.5 Å². The van der Waals surface area contributed by atoms with E-state index in [4.69, 9.17) is 0 Å². The lowest BCUT2D eigenvalue weighted by Crippen LogP contribution is -2.15. The van der Waals surface area contributed by atoms with Gasteiger partial charge in [-0.25, -0.2) is 0 Å². The quantitative estimate of drug-likeness (QED) is 0.683. The second-order valence-electron chi connectivity index (χ2n) is 3.43. The molecule has 0 saturated heterocycles. The molecule has 0 spiro atoms. The third-order valence-corrected chi connectivity index (χ3v) is 2.36. The van der Waals surface area contributed by atoms with E-state index in [9.17, 15) is 0 Å². The number of rotatable bonds is 4. The summed E-state index contributed by atoms with van der Waals surface area (Å²) in [6.07, 6.45) is 2.41. The van der Waals surface area contributed by atoms with Crippen LogP contribution in [0.3, 0.4) is 0 Å². The van der Waals surface area contributed by atoms with Crippen molar-refractivity contribution in [1.29, 1.82) is 0 Å². The molecular formula is C12H19N. The molecule has 0 aliphatic heterocycles. The van der Waals surface area contributed by atoms with Gasteiger partial charge >= 0.3 is 0 Å². The van der Waals surface area contributed by atoms with Crippen LogP contribution in [0.25, 0.3) is 0 Å². The lowest BCUT2D eigenvalue weighted by atomic mass is 10.1. The van der Waals surface area contributed by atoms with Crippen molar-refractivity contribution in [3.63, 3.8) is 0 Å². The first-order chi connectivity index (χ1) is 6.27. The monoisotopic (exact) mass is 177 g/mol. The Morgan fingerprint density at radius 3 is 2.62 bits per heavy atom. The standard InChI is InChI=1S/C12H19N/c1-4-7-11-8-6-9-12(10-11)13(3)5-2/h6,8-10H,4-5,7H2,1-3H3. The highest BCUT2D eigenvalue weighted by Gasteiger charge is 1.98. The largest absolute Gasteiger partial charge is 0.375 e. The maximum atomic E-state index is 2.28. The molecule has 0 amide bonds. The highest BCUT2D eigenvalue weighted by atomic mass is 15.1. The Morgan fingerprint density at radius 1 is 1.23 bits per heavy atom. The maximum absolute atomic E-state index is 2.28. The average Bonchev–Trinajstić information content (AvgIpc) is 2.18. The van der Waals surface area contributed by atoms with Gasteiger partial charge in [-0.15, -0.1) is 0 Å². The van der Waals surface area contributed by atoms with Gasteiger partial charge in [0, 0.05) is 19.3 Å². The predicted octanol–water partition coefficient (Wildman–Crippen LogP) is 3.10. The lowest BCUT2D eigenvalue weighted by Gasteiger charge is -2.17. The van der Waals surface area contributed by atoms with Gasteiger partial charge in [0.2, 0.25) is 0 Å². The van der Waals surface area contributed by atoms with Crippen LogP contribution < -0.4 is 4.90 Å². The van der Waals surface area contributed by atoms with Gasteiger partial charge in [-0.1, -0.05) is 25.5 Å². The van der Waals surface area contributed by atoms with Gasteiger partial charge in [0.25, 0.3) is 0 Å². The molecule has 13 heavy (non-hydrogen) atoms. The highest BCUT2D eigenvalue weighted by molar-refractivity contribution is 5.47. The summed E-state index contributed by atoms with van der Waals surface area (Å²) in [6, 6.07) is 8.80. The van der Waals surface area contributed by atoms with Gasteiger partial charge < -0.3 is 4.90 Å². The Kier molecular flexibility index (Phi) is 3.81. The smallest absolute Gasteiger partial charge is 0.0366 e. The molecule has 1 heteroatoms. The van der Waals surface area contributed by atoms with Gasteiger partial charge in [0.1, 0.15) is 0 Å². The van der Waals surface area contributed by atoms with Crippen LogP contribution in [0, 0.1) is 0 Å². The van der Waals surface area contributed by atoms with Gasteiger partial charge in [0.15, 0.2) is 0 Å². The molecule has 0 saturated carbocycles. The van der Waals surface area contributed by atoms with Gasteiger partial charge in [0.05, 0.1) is 0 Å². The number of aryl methyl sites for hydroxylation is 1. The number of hydrogen-bond acceptors (Lipinski definition) is 1. The van der Waals surface area contributed by atoms with E-state index in [1.165, 1.54) is 24.1 Å². The fourth-order valence-corrected chi connectivity index (χ4v) is 1.42. The molecule has 0 unspecified atom stereocenters. The molecule has 72 valence electrons. The number of benzene rings is 1. The number of nitrogens with zero attached hydrogens (tertiary/aromatic N) is 1. The van der Waals surface area contributed by atoms with Crippen LogP contribution in [0.2, 0.25) is 0 Å². The van der Waals surface area contributed by atoms with Crippen molar-refractivity contribution in [3.8, 4) is 0 Å². The minimum atomic E-state index is 1.07. The topological polar surface area (TPSA) is 3.24 Å². The van der Waals surface area contributed by atoms with Crippen LogP contribution in [-0.4, -0.2) is 13.6 Å². The summed E-state index contributed by atoms with van der Waals surface area (Å²) >= 11 is 0. The molecule has 0 fully saturated rings. The third kappa shape index (κ3) is 2.76. The first-order valence-electron chi connectivity index (χ1n) is 5.08. The summed E-state index contributed by atoms with van der Waals surface area (Å²) in [4.78, 5) is 2.26. The molecule has 0 atom stereocenters. The zero-order chi connectivity index (χ0) is 9.68. The summed E-state index contributed by atoms with van der Waals surface area (Å²) in [7, 11) is 2.13. The molecule has 0 radical (unpaired) electrons. The molecule has 1 aromatic carbocycles. The predicted molar refractivity (Wildman–Crippen MR) is 59.4 cm³/mol. The van der Waals surface area contributed by atoms with E-state index in [-0.39, 0.29) is 0 Å². The average molecular weight is 177 g/mol. The van der Waals surface area contributed by atoms with Crippen LogP contribution in [0.5, 0.6) is 0 Å². The van der Waals surface area contributed by atoms with Crippen LogP contribution >= 0.6 is 0 Å². The summed E-state index contributed by atoms with van der Waals surface area (Å²) < 4.78 is 0. The van der Waals surface area contributed by atoms with E-state index in [0.717, 1.165) is 6.54 Å². The van der Waals surface area contributed by atoms with Crippen molar-refractivity contribution < 1.29 is 0 Å². The molecule has 0 aliphatic carbocycles. The van der Waals surface area contributed by atoms with E-state index in [0.29, 0.717) is 0 Å². The van der Waals surface area contributed by atoms with E-state index in [1.807, 2.05) is 0 Å². The Bertz CT molecular complexity index is 255. The third-order valence-electron chi connectivity index (χ3n) is 2.36. The number of anilines is 1. The minimum Gasteiger partial charge on any atom is -0.375 e. The number of hydrogen-bond donors (Lipinski definition) is 0. The summed E-state index contributed by atoms with van der Waals surface area (Å²) in [6.45, 7) is 5.46. The Balaban J connectivity index is 2.78. The summed E-state index contributed by atoms with van der Waals surface area (Å²) in [5, 5.41) is 0. The van der Waals surface area contributed by atoms with Crippen molar-refractivity contribution in [3.05, 3.63) is 29.8 Å². The summed E-state index contributed by atoms with van der Waals surface area (Å²) in [5.74, 6) is 0. The Labute approximate surface area is 81.4 Å². The normalized spacial score (nSPS) is 10.1.